The van der Waals surface area contributed by atoms with E-state index in [0.717, 1.165) is 11.0 Å². The quantitative estimate of drug-likeness (QED) is 0.187. The Bertz CT molecular complexity index is 1260. The fourth-order valence-electron chi connectivity index (χ4n) is 4.09. The molecule has 1 heterocycles. The molecule has 0 bridgehead atoms. The van der Waals surface area contributed by atoms with Crippen LogP contribution in [0.5, 0.6) is 0 Å². The molecule has 2 aromatic carbocycles. The van der Waals surface area contributed by atoms with Crippen molar-refractivity contribution in [1.29, 1.82) is 0 Å². The summed E-state index contributed by atoms with van der Waals surface area (Å²) in [6.45, 7) is 2.32. The highest BCUT2D eigenvalue weighted by molar-refractivity contribution is 8.93. The average molecular weight is 668 g/mol. The van der Waals surface area contributed by atoms with Crippen LogP contribution in [0.25, 0.3) is 0 Å². The van der Waals surface area contributed by atoms with Crippen LogP contribution in [0.1, 0.15) is 24.8 Å². The van der Waals surface area contributed by atoms with Crippen LogP contribution in [0.4, 0.5) is 4.79 Å². The SMILES string of the molecule is Br.NCCCC[C@H](N/C=C/S(=O)(=O)c1ccccc1)C(=O)N[C@@H](Cc1ccccc1)C(=O)NC(=O)NN1CCOCC1. The van der Waals surface area contributed by atoms with Gasteiger partial charge in [-0.05, 0) is 43.5 Å². The van der Waals surface area contributed by atoms with E-state index in [1.165, 1.54) is 18.3 Å². The van der Waals surface area contributed by atoms with Crippen molar-refractivity contribution in [2.75, 3.05) is 32.8 Å². The number of carbonyl (C=O) groups excluding carboxylic acids is 3. The van der Waals surface area contributed by atoms with Crippen LogP contribution < -0.4 is 27.1 Å². The molecule has 14 heteroatoms. The molecule has 0 saturated carbocycles. The lowest BCUT2D eigenvalue weighted by Gasteiger charge is -2.27. The number of rotatable bonds is 14. The van der Waals surface area contributed by atoms with E-state index < -0.39 is 39.8 Å². The summed E-state index contributed by atoms with van der Waals surface area (Å²) in [5.41, 5.74) is 9.01. The Morgan fingerprint density at radius 2 is 1.57 bits per heavy atom. The number of hydrogen-bond donors (Lipinski definition) is 5. The molecule has 0 aliphatic carbocycles. The second kappa shape index (κ2) is 18.3. The van der Waals surface area contributed by atoms with E-state index >= 15 is 0 Å². The second-order valence-corrected chi connectivity index (χ2v) is 11.3. The van der Waals surface area contributed by atoms with E-state index in [0.29, 0.717) is 52.1 Å². The average Bonchev–Trinajstić information content (AvgIpc) is 2.97. The van der Waals surface area contributed by atoms with Gasteiger partial charge in [-0.2, -0.15) is 0 Å². The number of nitrogens with zero attached hydrogens (tertiary/aromatic N) is 1. The molecule has 0 aromatic heterocycles. The van der Waals surface area contributed by atoms with Gasteiger partial charge in [0.2, 0.25) is 15.7 Å². The first-order chi connectivity index (χ1) is 19.8. The molecule has 0 radical (unpaired) electrons. The monoisotopic (exact) mass is 666 g/mol. The minimum absolute atomic E-state index is 0. The van der Waals surface area contributed by atoms with E-state index in [4.69, 9.17) is 10.5 Å². The summed E-state index contributed by atoms with van der Waals surface area (Å²) in [5, 5.41) is 10.6. The van der Waals surface area contributed by atoms with Gasteiger partial charge >= 0.3 is 6.03 Å². The lowest BCUT2D eigenvalue weighted by atomic mass is 10.0. The highest BCUT2D eigenvalue weighted by atomic mass is 79.9. The van der Waals surface area contributed by atoms with Crippen molar-refractivity contribution in [2.24, 2.45) is 5.73 Å². The highest BCUT2D eigenvalue weighted by Gasteiger charge is 2.27. The third-order valence-corrected chi connectivity index (χ3v) is 7.73. The number of halogens is 1. The van der Waals surface area contributed by atoms with Crippen LogP contribution in [-0.4, -0.2) is 76.2 Å². The number of ether oxygens (including phenoxy) is 1. The van der Waals surface area contributed by atoms with E-state index in [-0.39, 0.29) is 28.3 Å². The molecule has 6 N–H and O–H groups in total. The minimum Gasteiger partial charge on any atom is -0.379 e. The standard InChI is InChI=1S/C28H38N6O6S.BrH/c29-14-8-7-13-24(30-15-20-41(38,39)23-11-5-2-6-12-23)26(35)31-25(21-22-9-3-1-4-10-22)27(36)32-28(37)33-34-16-18-40-19-17-34;/h1-6,9-12,15,20,24-25,30H,7-8,13-14,16-19,21,29H2,(H,31,35)(H2,32,33,36,37);1H/b20-15+;/t24-,25-;/m0./s1. The van der Waals surface area contributed by atoms with E-state index in [2.05, 4.69) is 21.4 Å². The number of sulfone groups is 1. The molecule has 0 spiro atoms. The molecule has 1 saturated heterocycles. The van der Waals surface area contributed by atoms with Gasteiger partial charge in [-0.1, -0.05) is 48.5 Å². The van der Waals surface area contributed by atoms with Gasteiger partial charge in [-0.25, -0.2) is 18.2 Å². The van der Waals surface area contributed by atoms with Crippen molar-refractivity contribution in [1.82, 2.24) is 26.4 Å². The maximum absolute atomic E-state index is 13.4. The Morgan fingerprint density at radius 3 is 2.21 bits per heavy atom. The lowest BCUT2D eigenvalue weighted by molar-refractivity contribution is -0.129. The number of hydrazine groups is 1. The number of urea groups is 1. The summed E-state index contributed by atoms with van der Waals surface area (Å²) in [4.78, 5) is 39.2. The largest absolute Gasteiger partial charge is 0.379 e. The van der Waals surface area contributed by atoms with Crippen molar-refractivity contribution in [3.63, 3.8) is 0 Å². The van der Waals surface area contributed by atoms with E-state index in [1.54, 1.807) is 23.2 Å². The maximum Gasteiger partial charge on any atom is 0.336 e. The number of carbonyl (C=O) groups is 3. The summed E-state index contributed by atoms with van der Waals surface area (Å²) < 4.78 is 30.5. The first-order valence-electron chi connectivity index (χ1n) is 13.5. The number of nitrogens with one attached hydrogen (secondary N) is 4. The highest BCUT2D eigenvalue weighted by Crippen LogP contribution is 2.11. The van der Waals surface area contributed by atoms with Crippen molar-refractivity contribution in [3.05, 3.63) is 77.8 Å². The van der Waals surface area contributed by atoms with Crippen LogP contribution in [0.3, 0.4) is 0 Å². The van der Waals surface area contributed by atoms with Gasteiger partial charge in [0.1, 0.15) is 12.1 Å². The molecule has 1 aliphatic heterocycles. The molecule has 1 aliphatic rings. The minimum atomic E-state index is -3.72. The van der Waals surface area contributed by atoms with Gasteiger partial charge in [-0.3, -0.25) is 20.3 Å². The fraction of sp³-hybridized carbons (Fsp3) is 0.393. The smallest absolute Gasteiger partial charge is 0.336 e. The van der Waals surface area contributed by atoms with Gasteiger partial charge in [0.15, 0.2) is 0 Å². The molecule has 42 heavy (non-hydrogen) atoms. The van der Waals surface area contributed by atoms with E-state index in [9.17, 15) is 22.8 Å². The molecule has 3 rings (SSSR count). The molecule has 12 nitrogen and oxygen atoms in total. The number of benzene rings is 2. The first-order valence-corrected chi connectivity index (χ1v) is 15.0. The third kappa shape index (κ3) is 11.9. The number of amides is 4. The molecule has 2 atom stereocenters. The summed E-state index contributed by atoms with van der Waals surface area (Å²) in [6, 6.07) is 14.4. The van der Waals surface area contributed by atoms with Crippen LogP contribution in [0.2, 0.25) is 0 Å². The van der Waals surface area contributed by atoms with Crippen molar-refractivity contribution < 1.29 is 27.5 Å². The fourth-order valence-corrected chi connectivity index (χ4v) is 5.05. The Balaban J connectivity index is 0.00000616. The van der Waals surface area contributed by atoms with Gasteiger partial charge < -0.3 is 21.1 Å². The molecule has 1 fully saturated rings. The first kappa shape index (κ1) is 34.9. The van der Waals surface area contributed by atoms with E-state index in [1.807, 2.05) is 30.3 Å². The van der Waals surface area contributed by atoms with Crippen molar-refractivity contribution in [3.8, 4) is 0 Å². The summed E-state index contributed by atoms with van der Waals surface area (Å²) in [5.74, 6) is -1.20. The number of unbranched alkanes of at least 4 members (excludes halogenated alkanes) is 1. The predicted molar refractivity (Wildman–Crippen MR) is 164 cm³/mol. The van der Waals surface area contributed by atoms with Gasteiger partial charge in [0.25, 0.3) is 5.91 Å². The Morgan fingerprint density at radius 1 is 0.929 bits per heavy atom. The van der Waals surface area contributed by atoms with Crippen LogP contribution in [-0.2, 0) is 30.6 Å². The summed E-state index contributed by atoms with van der Waals surface area (Å²) >= 11 is 0. The third-order valence-electron chi connectivity index (χ3n) is 6.30. The van der Waals surface area contributed by atoms with Gasteiger partial charge in [-0.15, -0.1) is 17.0 Å². The molecule has 2 aromatic rings. The number of imide groups is 1. The Kier molecular flexibility index (Phi) is 15.2. The van der Waals surface area contributed by atoms with Crippen molar-refractivity contribution >= 4 is 44.7 Å². The molecular weight excluding hydrogens is 628 g/mol. The maximum atomic E-state index is 13.4. The molecular formula is C28H39BrN6O6S. The lowest BCUT2D eigenvalue weighted by Crippen LogP contribution is -2.57. The molecule has 230 valence electrons. The summed E-state index contributed by atoms with van der Waals surface area (Å²) in [6.07, 6.45) is 2.95. The predicted octanol–water partition coefficient (Wildman–Crippen LogP) is 1.40. The van der Waals surface area contributed by atoms with Crippen LogP contribution >= 0.6 is 17.0 Å². The Labute approximate surface area is 257 Å². The van der Waals surface area contributed by atoms with Crippen molar-refractivity contribution in [2.45, 2.75) is 42.7 Å². The molecule has 0 unspecified atom stereocenters. The van der Waals surface area contributed by atoms with Gasteiger partial charge in [0.05, 0.1) is 23.5 Å². The molecule has 4 amide bonds. The zero-order chi connectivity index (χ0) is 29.5. The van der Waals surface area contributed by atoms with Crippen LogP contribution in [0.15, 0.2) is 77.2 Å². The zero-order valence-corrected chi connectivity index (χ0v) is 25.8. The number of hydrogen-bond acceptors (Lipinski definition) is 9. The van der Waals surface area contributed by atoms with Crippen LogP contribution in [0, 0.1) is 0 Å². The number of nitrogens with two attached hydrogens (primary N) is 1. The second-order valence-electron chi connectivity index (χ2n) is 9.45. The van der Waals surface area contributed by atoms with Gasteiger partial charge in [0, 0.05) is 25.7 Å². The summed E-state index contributed by atoms with van der Waals surface area (Å²) in [7, 11) is -3.72. The Hall–Kier alpha value is -3.30. The topological polar surface area (TPSA) is 172 Å². The number of morpholine rings is 1. The normalized spacial score (nSPS) is 15.2. The zero-order valence-electron chi connectivity index (χ0n) is 23.2.